The molecule has 0 radical (unpaired) electrons. The zero-order chi connectivity index (χ0) is 16.1. The van der Waals surface area contributed by atoms with E-state index in [1.807, 2.05) is 28.5 Å². The molecule has 1 aliphatic rings. The third-order valence-electron chi connectivity index (χ3n) is 3.87. The normalized spacial score (nSPS) is 15.0. The molecule has 0 spiro atoms. The molecule has 7 heteroatoms. The molecule has 1 aromatic carbocycles. The molecule has 1 aliphatic heterocycles. The van der Waals surface area contributed by atoms with Crippen molar-refractivity contribution in [2.24, 2.45) is 0 Å². The van der Waals surface area contributed by atoms with Crippen molar-refractivity contribution in [2.75, 3.05) is 37.6 Å². The van der Waals surface area contributed by atoms with Gasteiger partial charge in [-0.15, -0.1) is 11.3 Å². The van der Waals surface area contributed by atoms with Gasteiger partial charge in [0.1, 0.15) is 0 Å². The van der Waals surface area contributed by atoms with Crippen LogP contribution in [0.3, 0.4) is 0 Å². The number of aromatic nitrogens is 1. The van der Waals surface area contributed by atoms with Gasteiger partial charge in [0.2, 0.25) is 5.91 Å². The van der Waals surface area contributed by atoms with Gasteiger partial charge in [-0.1, -0.05) is 17.7 Å². The Labute approximate surface area is 144 Å². The van der Waals surface area contributed by atoms with Crippen molar-refractivity contribution < 1.29 is 4.79 Å². The highest BCUT2D eigenvalue weighted by Gasteiger charge is 2.21. The van der Waals surface area contributed by atoms with Crippen LogP contribution in [0.15, 0.2) is 35.2 Å². The van der Waals surface area contributed by atoms with Crippen molar-refractivity contribution in [3.8, 4) is 0 Å². The Hall–Kier alpha value is -1.63. The highest BCUT2D eigenvalue weighted by Crippen LogP contribution is 2.20. The maximum Gasteiger partial charge on any atom is 0.236 e. The molecule has 23 heavy (non-hydrogen) atoms. The molecule has 1 N–H and O–H groups in total. The van der Waals surface area contributed by atoms with Gasteiger partial charge >= 0.3 is 0 Å². The second kappa shape index (κ2) is 7.77. The molecule has 1 fully saturated rings. The predicted octanol–water partition coefficient (Wildman–Crippen LogP) is 2.23. The zero-order valence-electron chi connectivity index (χ0n) is 12.7. The summed E-state index contributed by atoms with van der Waals surface area (Å²) < 4.78 is 0. The summed E-state index contributed by atoms with van der Waals surface area (Å²) in [6.45, 7) is 4.14. The van der Waals surface area contributed by atoms with E-state index in [0.717, 1.165) is 42.6 Å². The highest BCUT2D eigenvalue weighted by molar-refractivity contribution is 7.07. The summed E-state index contributed by atoms with van der Waals surface area (Å²) >= 11 is 7.60. The number of nitrogens with one attached hydrogen (secondary N) is 1. The molecule has 5 nitrogen and oxygen atoms in total. The van der Waals surface area contributed by atoms with E-state index in [2.05, 4.69) is 21.3 Å². The smallest absolute Gasteiger partial charge is 0.236 e. The summed E-state index contributed by atoms with van der Waals surface area (Å²) in [5.41, 5.74) is 3.90. The molecule has 122 valence electrons. The van der Waals surface area contributed by atoms with E-state index in [1.165, 1.54) is 0 Å². The monoisotopic (exact) mass is 350 g/mol. The minimum Gasteiger partial charge on any atom is -0.368 e. The molecule has 0 unspecified atom stereocenters. The number of carbonyl (C=O) groups is 1. The molecule has 0 bridgehead atoms. The number of nitrogens with zero attached hydrogens (tertiary/aromatic N) is 3. The molecule has 3 rings (SSSR count). The van der Waals surface area contributed by atoms with Gasteiger partial charge < -0.3 is 15.1 Å². The van der Waals surface area contributed by atoms with E-state index >= 15 is 0 Å². The fraction of sp³-hybridized carbons (Fsp3) is 0.375. The van der Waals surface area contributed by atoms with Crippen LogP contribution in [0.5, 0.6) is 0 Å². The molecule has 1 aromatic heterocycles. The second-order valence-electron chi connectivity index (χ2n) is 5.43. The maximum absolute atomic E-state index is 12.2. The van der Waals surface area contributed by atoms with Crippen LogP contribution in [0.4, 0.5) is 5.69 Å². The lowest BCUT2D eigenvalue weighted by atomic mass is 10.2. The van der Waals surface area contributed by atoms with Crippen LogP contribution in [0.25, 0.3) is 0 Å². The van der Waals surface area contributed by atoms with Crippen molar-refractivity contribution >= 4 is 34.5 Å². The van der Waals surface area contributed by atoms with E-state index in [1.54, 1.807) is 16.8 Å². The molecule has 1 saturated heterocycles. The van der Waals surface area contributed by atoms with Crippen LogP contribution in [0, 0.1) is 0 Å². The van der Waals surface area contributed by atoms with Crippen LogP contribution < -0.4 is 10.2 Å². The van der Waals surface area contributed by atoms with Gasteiger partial charge in [0, 0.05) is 48.8 Å². The van der Waals surface area contributed by atoms with Crippen molar-refractivity contribution in [2.45, 2.75) is 6.54 Å². The molecule has 1 amide bonds. The number of benzene rings is 1. The average Bonchev–Trinajstić information content (AvgIpc) is 3.08. The molecule has 0 saturated carbocycles. The van der Waals surface area contributed by atoms with E-state index in [0.29, 0.717) is 13.1 Å². The zero-order valence-corrected chi connectivity index (χ0v) is 14.3. The fourth-order valence-electron chi connectivity index (χ4n) is 2.62. The summed E-state index contributed by atoms with van der Waals surface area (Å²) in [5, 5.41) is 5.89. The third-order valence-corrected chi connectivity index (χ3v) is 4.74. The van der Waals surface area contributed by atoms with Gasteiger partial charge in [-0.25, -0.2) is 4.98 Å². The predicted molar refractivity (Wildman–Crippen MR) is 94.1 cm³/mol. The Kier molecular flexibility index (Phi) is 5.48. The Morgan fingerprint density at radius 1 is 1.30 bits per heavy atom. The largest absolute Gasteiger partial charge is 0.368 e. The fourth-order valence-corrected chi connectivity index (χ4v) is 3.36. The maximum atomic E-state index is 12.2. The topological polar surface area (TPSA) is 48.5 Å². The van der Waals surface area contributed by atoms with Crippen molar-refractivity contribution in [3.05, 3.63) is 45.9 Å². The lowest BCUT2D eigenvalue weighted by Gasteiger charge is -2.36. The molecule has 2 aromatic rings. The first-order valence-corrected chi connectivity index (χ1v) is 8.90. The Morgan fingerprint density at radius 3 is 2.83 bits per heavy atom. The summed E-state index contributed by atoms with van der Waals surface area (Å²) in [7, 11) is 0. The van der Waals surface area contributed by atoms with Gasteiger partial charge in [0.05, 0.1) is 17.7 Å². The number of hydrogen-bond acceptors (Lipinski definition) is 5. The van der Waals surface area contributed by atoms with E-state index in [9.17, 15) is 4.79 Å². The highest BCUT2D eigenvalue weighted by atomic mass is 35.5. The summed E-state index contributed by atoms with van der Waals surface area (Å²) in [6, 6.07) is 7.85. The van der Waals surface area contributed by atoms with Crippen LogP contribution in [0.2, 0.25) is 5.02 Å². The number of thiazole rings is 1. The first-order valence-electron chi connectivity index (χ1n) is 7.58. The van der Waals surface area contributed by atoms with Crippen LogP contribution in [0.1, 0.15) is 5.69 Å². The third kappa shape index (κ3) is 4.43. The summed E-state index contributed by atoms with van der Waals surface area (Å²) in [6.07, 6.45) is 0. The average molecular weight is 351 g/mol. The van der Waals surface area contributed by atoms with Crippen molar-refractivity contribution in [1.29, 1.82) is 0 Å². The molecule has 0 aliphatic carbocycles. The van der Waals surface area contributed by atoms with Crippen LogP contribution in [-0.2, 0) is 11.3 Å². The number of halogens is 1. The standard InChI is InChI=1S/C16H19ClN4OS/c17-13-2-1-3-15(8-13)20-4-6-21(7-5-20)16(22)10-18-9-14-11-23-12-19-14/h1-3,8,11-12,18H,4-7,9-10H2. The molecular formula is C16H19ClN4OS. The molecule has 0 atom stereocenters. The lowest BCUT2D eigenvalue weighted by molar-refractivity contribution is -0.130. The van der Waals surface area contributed by atoms with Gasteiger partial charge in [0.15, 0.2) is 0 Å². The number of piperazine rings is 1. The van der Waals surface area contributed by atoms with Crippen LogP contribution in [-0.4, -0.2) is 48.5 Å². The first kappa shape index (κ1) is 16.2. The van der Waals surface area contributed by atoms with E-state index in [4.69, 9.17) is 11.6 Å². The van der Waals surface area contributed by atoms with Crippen LogP contribution >= 0.6 is 22.9 Å². The summed E-state index contributed by atoms with van der Waals surface area (Å²) in [4.78, 5) is 20.6. The Bertz CT molecular complexity index is 641. The molecular weight excluding hydrogens is 332 g/mol. The number of hydrogen-bond donors (Lipinski definition) is 1. The Balaban J connectivity index is 1.44. The molecule has 2 heterocycles. The van der Waals surface area contributed by atoms with Gasteiger partial charge in [-0.05, 0) is 18.2 Å². The second-order valence-corrected chi connectivity index (χ2v) is 6.59. The Morgan fingerprint density at radius 2 is 2.13 bits per heavy atom. The minimum atomic E-state index is 0.144. The van der Waals surface area contributed by atoms with Gasteiger partial charge in [-0.3, -0.25) is 4.79 Å². The first-order chi connectivity index (χ1) is 11.2. The van der Waals surface area contributed by atoms with E-state index < -0.39 is 0 Å². The number of rotatable bonds is 5. The number of anilines is 1. The quantitative estimate of drug-likeness (QED) is 0.898. The van der Waals surface area contributed by atoms with Gasteiger partial charge in [0.25, 0.3) is 0 Å². The minimum absolute atomic E-state index is 0.144. The SMILES string of the molecule is O=C(CNCc1cscn1)N1CCN(c2cccc(Cl)c2)CC1. The summed E-state index contributed by atoms with van der Waals surface area (Å²) in [5.74, 6) is 0.144. The van der Waals surface area contributed by atoms with Crippen molar-refractivity contribution in [1.82, 2.24) is 15.2 Å². The van der Waals surface area contributed by atoms with E-state index in [-0.39, 0.29) is 5.91 Å². The number of amides is 1. The van der Waals surface area contributed by atoms with Gasteiger partial charge in [-0.2, -0.15) is 0 Å². The number of carbonyl (C=O) groups excluding carboxylic acids is 1. The van der Waals surface area contributed by atoms with Crippen molar-refractivity contribution in [3.63, 3.8) is 0 Å². The lowest BCUT2D eigenvalue weighted by Crippen LogP contribution is -2.50.